The lowest BCUT2D eigenvalue weighted by Gasteiger charge is -2.36. The molecule has 1 saturated heterocycles. The number of carboxylic acid groups (broad SMARTS) is 1. The minimum atomic E-state index is -0.791. The van der Waals surface area contributed by atoms with Gasteiger partial charge < -0.3 is 15.3 Å². The number of carbonyl (C=O) groups is 3. The molecule has 0 radical (unpaired) electrons. The van der Waals surface area contributed by atoms with Gasteiger partial charge in [0.05, 0.1) is 18.3 Å². The Hall–Kier alpha value is -2.37. The van der Waals surface area contributed by atoms with Gasteiger partial charge in [-0.15, -0.1) is 0 Å². The average molecular weight is 344 g/mol. The fourth-order valence-electron chi connectivity index (χ4n) is 3.56. The van der Waals surface area contributed by atoms with E-state index in [0.717, 1.165) is 18.4 Å². The molecule has 0 spiro atoms. The summed E-state index contributed by atoms with van der Waals surface area (Å²) >= 11 is 0. The molecule has 2 aliphatic rings. The molecule has 1 saturated carbocycles. The summed E-state index contributed by atoms with van der Waals surface area (Å²) in [4.78, 5) is 37.5. The van der Waals surface area contributed by atoms with Crippen LogP contribution in [-0.4, -0.2) is 46.9 Å². The summed E-state index contributed by atoms with van der Waals surface area (Å²) in [6, 6.07) is 9.58. The number of piperidine rings is 1. The zero-order valence-corrected chi connectivity index (χ0v) is 14.2. The van der Waals surface area contributed by atoms with Crippen molar-refractivity contribution in [2.75, 3.05) is 13.1 Å². The highest BCUT2D eigenvalue weighted by Crippen LogP contribution is 2.28. The Morgan fingerprint density at radius 1 is 1.12 bits per heavy atom. The minimum Gasteiger partial charge on any atom is -0.481 e. The van der Waals surface area contributed by atoms with Crippen molar-refractivity contribution in [2.45, 2.75) is 38.1 Å². The normalized spacial score (nSPS) is 25.8. The molecule has 25 heavy (non-hydrogen) atoms. The zero-order chi connectivity index (χ0) is 17.8. The number of carbonyl (C=O) groups excluding carboxylic acids is 2. The third-order valence-electron chi connectivity index (χ3n) is 5.18. The van der Waals surface area contributed by atoms with E-state index in [1.54, 1.807) is 4.90 Å². The van der Waals surface area contributed by atoms with Gasteiger partial charge in [0.15, 0.2) is 0 Å². The van der Waals surface area contributed by atoms with Crippen LogP contribution in [-0.2, 0) is 20.8 Å². The van der Waals surface area contributed by atoms with Gasteiger partial charge >= 0.3 is 5.97 Å². The molecule has 6 heteroatoms. The van der Waals surface area contributed by atoms with Gasteiger partial charge in [0.25, 0.3) is 0 Å². The second-order valence-electron chi connectivity index (χ2n) is 7.05. The van der Waals surface area contributed by atoms with Crippen molar-refractivity contribution in [1.29, 1.82) is 0 Å². The van der Waals surface area contributed by atoms with Crippen LogP contribution in [0.15, 0.2) is 30.3 Å². The molecule has 2 amide bonds. The third kappa shape index (κ3) is 4.38. The Morgan fingerprint density at radius 3 is 2.52 bits per heavy atom. The highest BCUT2D eigenvalue weighted by Gasteiger charge is 2.37. The van der Waals surface area contributed by atoms with E-state index in [-0.39, 0.29) is 29.7 Å². The SMILES string of the molecule is O=C(O)C1CC(NC(=O)C2CCCN(C(=O)Cc3ccccc3)C2)C1. The Kier molecular flexibility index (Phi) is 5.36. The number of likely N-dealkylation sites (tertiary alicyclic amines) is 1. The lowest BCUT2D eigenvalue weighted by molar-refractivity contribution is -0.147. The van der Waals surface area contributed by atoms with Crippen LogP contribution < -0.4 is 5.32 Å². The summed E-state index contributed by atoms with van der Waals surface area (Å²) in [5.74, 6) is -1.32. The van der Waals surface area contributed by atoms with Crippen LogP contribution in [0.2, 0.25) is 0 Å². The van der Waals surface area contributed by atoms with Crippen molar-refractivity contribution in [3.8, 4) is 0 Å². The molecule has 1 atom stereocenters. The van der Waals surface area contributed by atoms with Gasteiger partial charge in [-0.2, -0.15) is 0 Å². The molecule has 1 aliphatic carbocycles. The predicted molar refractivity (Wildman–Crippen MR) is 91.7 cm³/mol. The second kappa shape index (κ2) is 7.68. The number of nitrogens with one attached hydrogen (secondary N) is 1. The van der Waals surface area contributed by atoms with Gasteiger partial charge in [-0.3, -0.25) is 14.4 Å². The van der Waals surface area contributed by atoms with Gasteiger partial charge in [-0.05, 0) is 31.2 Å². The van der Waals surface area contributed by atoms with Gasteiger partial charge in [-0.25, -0.2) is 0 Å². The molecule has 2 N–H and O–H groups in total. The van der Waals surface area contributed by atoms with Gasteiger partial charge in [0.2, 0.25) is 11.8 Å². The van der Waals surface area contributed by atoms with Crippen LogP contribution in [0.25, 0.3) is 0 Å². The van der Waals surface area contributed by atoms with E-state index >= 15 is 0 Å². The highest BCUT2D eigenvalue weighted by atomic mass is 16.4. The van der Waals surface area contributed by atoms with Crippen LogP contribution in [0.4, 0.5) is 0 Å². The number of nitrogens with zero attached hydrogens (tertiary/aromatic N) is 1. The summed E-state index contributed by atoms with van der Waals surface area (Å²) in [6.45, 7) is 1.15. The summed E-state index contributed by atoms with van der Waals surface area (Å²) in [5, 5.41) is 11.8. The van der Waals surface area contributed by atoms with Crippen molar-refractivity contribution in [3.05, 3.63) is 35.9 Å². The molecule has 1 unspecified atom stereocenters. The maximum atomic E-state index is 12.5. The van der Waals surface area contributed by atoms with E-state index in [1.165, 1.54) is 0 Å². The van der Waals surface area contributed by atoms with Crippen molar-refractivity contribution in [1.82, 2.24) is 10.2 Å². The monoisotopic (exact) mass is 344 g/mol. The average Bonchev–Trinajstić information content (AvgIpc) is 2.58. The van der Waals surface area contributed by atoms with E-state index in [4.69, 9.17) is 5.11 Å². The predicted octanol–water partition coefficient (Wildman–Crippen LogP) is 1.45. The first kappa shape index (κ1) is 17.5. The third-order valence-corrected chi connectivity index (χ3v) is 5.18. The molecule has 0 bridgehead atoms. The van der Waals surface area contributed by atoms with Crippen LogP contribution in [0.1, 0.15) is 31.2 Å². The van der Waals surface area contributed by atoms with Crippen molar-refractivity contribution in [2.24, 2.45) is 11.8 Å². The number of benzene rings is 1. The van der Waals surface area contributed by atoms with E-state index in [9.17, 15) is 14.4 Å². The van der Waals surface area contributed by atoms with Gasteiger partial charge in [0.1, 0.15) is 0 Å². The maximum absolute atomic E-state index is 12.5. The molecular weight excluding hydrogens is 320 g/mol. The fourth-order valence-corrected chi connectivity index (χ4v) is 3.56. The Bertz CT molecular complexity index is 640. The Morgan fingerprint density at radius 2 is 1.84 bits per heavy atom. The van der Waals surface area contributed by atoms with Gasteiger partial charge in [0, 0.05) is 19.1 Å². The molecule has 6 nitrogen and oxygen atoms in total. The second-order valence-corrected chi connectivity index (χ2v) is 7.05. The van der Waals surface area contributed by atoms with Crippen LogP contribution in [0.3, 0.4) is 0 Å². The number of amides is 2. The number of carboxylic acids is 1. The van der Waals surface area contributed by atoms with E-state index in [0.29, 0.717) is 32.4 Å². The van der Waals surface area contributed by atoms with Crippen molar-refractivity contribution >= 4 is 17.8 Å². The number of rotatable bonds is 5. The fraction of sp³-hybridized carbons (Fsp3) is 0.526. The lowest BCUT2D eigenvalue weighted by atomic mass is 9.80. The summed E-state index contributed by atoms with van der Waals surface area (Å²) in [7, 11) is 0. The van der Waals surface area contributed by atoms with Gasteiger partial charge in [-0.1, -0.05) is 30.3 Å². The molecule has 2 fully saturated rings. The first-order chi connectivity index (χ1) is 12.0. The molecule has 1 aromatic rings. The lowest BCUT2D eigenvalue weighted by Crippen LogP contribution is -2.51. The van der Waals surface area contributed by atoms with Crippen LogP contribution >= 0.6 is 0 Å². The van der Waals surface area contributed by atoms with Crippen LogP contribution in [0, 0.1) is 11.8 Å². The molecular formula is C19H24N2O4. The largest absolute Gasteiger partial charge is 0.481 e. The quantitative estimate of drug-likeness (QED) is 0.846. The highest BCUT2D eigenvalue weighted by molar-refractivity contribution is 5.83. The smallest absolute Gasteiger partial charge is 0.306 e. The number of hydrogen-bond acceptors (Lipinski definition) is 3. The standard InChI is InChI=1S/C19H24N2O4/c22-17(9-13-5-2-1-3-6-13)21-8-4-7-14(12-21)18(23)20-16-10-15(11-16)19(24)25/h1-3,5-6,14-16H,4,7-12H2,(H,20,23)(H,24,25). The van der Waals surface area contributed by atoms with E-state index in [2.05, 4.69) is 5.32 Å². The first-order valence-electron chi connectivity index (χ1n) is 8.88. The van der Waals surface area contributed by atoms with E-state index in [1.807, 2.05) is 30.3 Å². The maximum Gasteiger partial charge on any atom is 0.306 e. The minimum absolute atomic E-state index is 0.0380. The molecule has 1 aromatic carbocycles. The van der Waals surface area contributed by atoms with Crippen molar-refractivity contribution < 1.29 is 19.5 Å². The molecule has 3 rings (SSSR count). The summed E-state index contributed by atoms with van der Waals surface area (Å²) in [5.41, 5.74) is 0.980. The topological polar surface area (TPSA) is 86.7 Å². The first-order valence-corrected chi connectivity index (χ1v) is 8.88. The van der Waals surface area contributed by atoms with Crippen LogP contribution in [0.5, 0.6) is 0 Å². The Balaban J connectivity index is 1.48. The zero-order valence-electron chi connectivity index (χ0n) is 14.2. The molecule has 1 heterocycles. The summed E-state index contributed by atoms with van der Waals surface area (Å²) in [6.07, 6.45) is 2.96. The molecule has 0 aromatic heterocycles. The number of hydrogen-bond donors (Lipinski definition) is 2. The molecule has 134 valence electrons. The van der Waals surface area contributed by atoms with E-state index < -0.39 is 5.97 Å². The number of aliphatic carboxylic acids is 1. The molecule has 1 aliphatic heterocycles. The summed E-state index contributed by atoms with van der Waals surface area (Å²) < 4.78 is 0. The Labute approximate surface area is 147 Å². The van der Waals surface area contributed by atoms with Crippen molar-refractivity contribution in [3.63, 3.8) is 0 Å².